The number of benzene rings is 2. The maximum Gasteiger partial charge on any atom is 0.319 e. The van der Waals surface area contributed by atoms with Crippen molar-refractivity contribution < 1.29 is 9.18 Å². The predicted octanol–water partition coefficient (Wildman–Crippen LogP) is 4.50. The zero-order valence-corrected chi connectivity index (χ0v) is 12.5. The van der Waals surface area contributed by atoms with Gasteiger partial charge in [-0.2, -0.15) is 0 Å². The molecule has 110 valence electrons. The first kappa shape index (κ1) is 15.6. The van der Waals surface area contributed by atoms with Crippen molar-refractivity contribution in [1.82, 2.24) is 5.32 Å². The minimum Gasteiger partial charge on any atom is -0.338 e. The number of nitrogens with one attached hydrogen (secondary N) is 2. The van der Waals surface area contributed by atoms with Crippen molar-refractivity contribution in [2.24, 2.45) is 0 Å². The summed E-state index contributed by atoms with van der Waals surface area (Å²) in [7, 11) is 0. The number of hydrogen-bond acceptors (Lipinski definition) is 1. The van der Waals surface area contributed by atoms with Gasteiger partial charge in [-0.05, 0) is 36.2 Å². The summed E-state index contributed by atoms with van der Waals surface area (Å²) >= 11 is 11.7. The Morgan fingerprint density at radius 3 is 2.43 bits per heavy atom. The molecular weight excluding hydrogens is 314 g/mol. The van der Waals surface area contributed by atoms with Crippen LogP contribution in [0.25, 0.3) is 0 Å². The SMILES string of the molecule is O=C(NCCc1ccccc1F)Nc1cc(Cl)cc(Cl)c1. The molecule has 0 bridgehead atoms. The van der Waals surface area contributed by atoms with E-state index in [-0.39, 0.29) is 5.82 Å². The molecule has 2 N–H and O–H groups in total. The number of carbonyl (C=O) groups excluding carboxylic acids is 1. The van der Waals surface area contributed by atoms with Crippen LogP contribution >= 0.6 is 23.2 Å². The van der Waals surface area contributed by atoms with Crippen molar-refractivity contribution in [3.63, 3.8) is 0 Å². The van der Waals surface area contributed by atoms with Gasteiger partial charge in [0, 0.05) is 22.3 Å². The average molecular weight is 327 g/mol. The van der Waals surface area contributed by atoms with Crippen molar-refractivity contribution in [3.8, 4) is 0 Å². The molecule has 0 radical (unpaired) electrons. The number of amides is 2. The van der Waals surface area contributed by atoms with Crippen LogP contribution in [0.2, 0.25) is 10.0 Å². The lowest BCUT2D eigenvalue weighted by molar-refractivity contribution is 0.252. The lowest BCUT2D eigenvalue weighted by Crippen LogP contribution is -2.30. The number of urea groups is 1. The summed E-state index contributed by atoms with van der Waals surface area (Å²) in [6.45, 7) is 0.321. The van der Waals surface area contributed by atoms with Crippen LogP contribution in [0.5, 0.6) is 0 Å². The van der Waals surface area contributed by atoms with E-state index in [0.29, 0.717) is 34.3 Å². The van der Waals surface area contributed by atoms with Crippen LogP contribution in [0, 0.1) is 5.82 Å². The quantitative estimate of drug-likeness (QED) is 0.853. The van der Waals surface area contributed by atoms with E-state index in [1.807, 2.05) is 0 Å². The summed E-state index contributed by atoms with van der Waals surface area (Å²) in [5.74, 6) is -0.277. The number of hydrogen-bond donors (Lipinski definition) is 2. The van der Waals surface area contributed by atoms with Crippen LogP contribution in [0.15, 0.2) is 42.5 Å². The van der Waals surface area contributed by atoms with E-state index in [1.54, 1.807) is 36.4 Å². The molecule has 0 fully saturated rings. The van der Waals surface area contributed by atoms with Crippen molar-refractivity contribution in [2.75, 3.05) is 11.9 Å². The van der Waals surface area contributed by atoms with E-state index in [4.69, 9.17) is 23.2 Å². The first-order chi connectivity index (χ1) is 10.0. The van der Waals surface area contributed by atoms with Gasteiger partial charge in [0.2, 0.25) is 0 Å². The van der Waals surface area contributed by atoms with Crippen molar-refractivity contribution in [1.29, 1.82) is 0 Å². The van der Waals surface area contributed by atoms with Gasteiger partial charge in [0.15, 0.2) is 0 Å². The van der Waals surface area contributed by atoms with Gasteiger partial charge in [-0.15, -0.1) is 0 Å². The summed E-state index contributed by atoms with van der Waals surface area (Å²) in [4.78, 5) is 11.7. The Labute approximate surface area is 132 Å². The third-order valence-electron chi connectivity index (χ3n) is 2.76. The molecule has 3 nitrogen and oxygen atoms in total. The summed E-state index contributed by atoms with van der Waals surface area (Å²) in [6, 6.07) is 10.8. The third kappa shape index (κ3) is 4.92. The number of halogens is 3. The molecule has 0 aliphatic carbocycles. The van der Waals surface area contributed by atoms with E-state index in [9.17, 15) is 9.18 Å². The van der Waals surface area contributed by atoms with Crippen LogP contribution in [0.4, 0.5) is 14.9 Å². The highest BCUT2D eigenvalue weighted by Gasteiger charge is 2.05. The molecule has 2 aromatic carbocycles. The van der Waals surface area contributed by atoms with Gasteiger partial charge in [-0.25, -0.2) is 9.18 Å². The number of rotatable bonds is 4. The second-order valence-electron chi connectivity index (χ2n) is 4.38. The third-order valence-corrected chi connectivity index (χ3v) is 3.19. The van der Waals surface area contributed by atoms with E-state index in [0.717, 1.165) is 0 Å². The Hall–Kier alpha value is -1.78. The molecule has 0 spiro atoms. The van der Waals surface area contributed by atoms with Crippen LogP contribution < -0.4 is 10.6 Å². The van der Waals surface area contributed by atoms with Gasteiger partial charge < -0.3 is 10.6 Å². The van der Waals surface area contributed by atoms with Gasteiger partial charge in [0.05, 0.1) is 0 Å². The Morgan fingerprint density at radius 2 is 1.76 bits per heavy atom. The fourth-order valence-corrected chi connectivity index (χ4v) is 2.34. The number of anilines is 1. The van der Waals surface area contributed by atoms with Gasteiger partial charge in [0.1, 0.15) is 5.82 Å². The number of carbonyl (C=O) groups is 1. The van der Waals surface area contributed by atoms with Crippen molar-refractivity contribution >= 4 is 34.9 Å². The lowest BCUT2D eigenvalue weighted by Gasteiger charge is -2.09. The van der Waals surface area contributed by atoms with E-state index in [1.165, 1.54) is 6.07 Å². The van der Waals surface area contributed by atoms with Crippen LogP contribution in [-0.2, 0) is 6.42 Å². The molecule has 0 saturated carbocycles. The molecule has 21 heavy (non-hydrogen) atoms. The lowest BCUT2D eigenvalue weighted by atomic mass is 10.1. The summed E-state index contributed by atoms with van der Waals surface area (Å²) < 4.78 is 13.4. The zero-order chi connectivity index (χ0) is 15.2. The Balaban J connectivity index is 1.84. The second-order valence-corrected chi connectivity index (χ2v) is 5.25. The molecule has 0 saturated heterocycles. The molecule has 2 amide bonds. The summed E-state index contributed by atoms with van der Waals surface area (Å²) in [5.41, 5.74) is 1.06. The van der Waals surface area contributed by atoms with Crippen LogP contribution in [0.1, 0.15) is 5.56 Å². The van der Waals surface area contributed by atoms with Crippen molar-refractivity contribution in [2.45, 2.75) is 6.42 Å². The molecule has 2 rings (SSSR count). The van der Waals surface area contributed by atoms with Crippen molar-refractivity contribution in [3.05, 3.63) is 63.9 Å². The average Bonchev–Trinajstić information content (AvgIpc) is 2.39. The Bertz CT molecular complexity index is 629. The normalized spacial score (nSPS) is 10.2. The minimum atomic E-state index is -0.398. The Morgan fingerprint density at radius 1 is 1.10 bits per heavy atom. The first-order valence-electron chi connectivity index (χ1n) is 6.29. The fraction of sp³-hybridized carbons (Fsp3) is 0.133. The zero-order valence-electron chi connectivity index (χ0n) is 11.0. The van der Waals surface area contributed by atoms with Gasteiger partial charge in [-0.3, -0.25) is 0 Å². The maximum absolute atomic E-state index is 13.4. The first-order valence-corrected chi connectivity index (χ1v) is 7.04. The monoisotopic (exact) mass is 326 g/mol. The summed E-state index contributed by atoms with van der Waals surface area (Å²) in [6.07, 6.45) is 0.413. The highest BCUT2D eigenvalue weighted by atomic mass is 35.5. The largest absolute Gasteiger partial charge is 0.338 e. The molecule has 0 aromatic heterocycles. The maximum atomic E-state index is 13.4. The molecule has 0 unspecified atom stereocenters. The molecule has 0 heterocycles. The van der Waals surface area contributed by atoms with E-state index >= 15 is 0 Å². The topological polar surface area (TPSA) is 41.1 Å². The predicted molar refractivity (Wildman–Crippen MR) is 83.6 cm³/mol. The molecule has 2 aromatic rings. The van der Waals surface area contributed by atoms with Gasteiger partial charge in [0.25, 0.3) is 0 Å². The van der Waals surface area contributed by atoms with Gasteiger partial charge >= 0.3 is 6.03 Å². The highest BCUT2D eigenvalue weighted by Crippen LogP contribution is 2.22. The minimum absolute atomic E-state index is 0.277. The molecule has 0 aliphatic rings. The van der Waals surface area contributed by atoms with Crippen LogP contribution in [0.3, 0.4) is 0 Å². The fourth-order valence-electron chi connectivity index (χ4n) is 1.81. The molecule has 6 heteroatoms. The standard InChI is InChI=1S/C15H13Cl2FN2O/c16-11-7-12(17)9-13(8-11)20-15(21)19-6-5-10-3-1-2-4-14(10)18/h1-4,7-9H,5-6H2,(H2,19,20,21). The Kier molecular flexibility index (Phi) is 5.42. The second kappa shape index (κ2) is 7.29. The summed E-state index contributed by atoms with van der Waals surface area (Å²) in [5, 5.41) is 6.12. The molecular formula is C15H13Cl2FN2O. The molecule has 0 aliphatic heterocycles. The smallest absolute Gasteiger partial charge is 0.319 e. The highest BCUT2D eigenvalue weighted by molar-refractivity contribution is 6.35. The van der Waals surface area contributed by atoms with Gasteiger partial charge in [-0.1, -0.05) is 41.4 Å². The van der Waals surface area contributed by atoms with E-state index < -0.39 is 6.03 Å². The van der Waals surface area contributed by atoms with Crippen LogP contribution in [-0.4, -0.2) is 12.6 Å². The van der Waals surface area contributed by atoms with E-state index in [2.05, 4.69) is 10.6 Å². The molecule has 0 atom stereocenters.